The first-order valence-corrected chi connectivity index (χ1v) is 8.45. The molecule has 2 aromatic carbocycles. The highest BCUT2D eigenvalue weighted by Crippen LogP contribution is 2.22. The van der Waals surface area contributed by atoms with E-state index in [0.29, 0.717) is 5.69 Å². The fraction of sp³-hybridized carbons (Fsp3) is 0.316. The first-order valence-electron chi connectivity index (χ1n) is 8.45. The fourth-order valence-electron chi connectivity index (χ4n) is 2.92. The summed E-state index contributed by atoms with van der Waals surface area (Å²) in [5.41, 5.74) is 1.94. The number of hydrogen-bond donors (Lipinski definition) is 2. The molecule has 1 aliphatic heterocycles. The van der Waals surface area contributed by atoms with Crippen molar-refractivity contribution >= 4 is 23.0 Å². The summed E-state index contributed by atoms with van der Waals surface area (Å²) in [7, 11) is 0. The van der Waals surface area contributed by atoms with Gasteiger partial charge in [0.1, 0.15) is 11.6 Å². The Morgan fingerprint density at radius 3 is 2.40 bits per heavy atom. The van der Waals surface area contributed by atoms with Crippen LogP contribution in [-0.4, -0.2) is 25.5 Å². The van der Waals surface area contributed by atoms with Crippen LogP contribution in [0.15, 0.2) is 42.5 Å². The summed E-state index contributed by atoms with van der Waals surface area (Å²) >= 11 is 0. The SMILES string of the molecule is O=C(CNc1ccc(F)cc1F)Nc1ccc(N2CCCCC2)cc1. The van der Waals surface area contributed by atoms with E-state index in [0.717, 1.165) is 30.9 Å². The molecule has 25 heavy (non-hydrogen) atoms. The highest BCUT2D eigenvalue weighted by molar-refractivity contribution is 5.93. The van der Waals surface area contributed by atoms with Crippen molar-refractivity contribution in [3.05, 3.63) is 54.1 Å². The summed E-state index contributed by atoms with van der Waals surface area (Å²) < 4.78 is 26.4. The van der Waals surface area contributed by atoms with E-state index in [-0.39, 0.29) is 18.1 Å². The van der Waals surface area contributed by atoms with Gasteiger partial charge in [-0.1, -0.05) is 0 Å². The maximum Gasteiger partial charge on any atom is 0.243 e. The average molecular weight is 345 g/mol. The van der Waals surface area contributed by atoms with Gasteiger partial charge in [-0.2, -0.15) is 0 Å². The van der Waals surface area contributed by atoms with Crippen LogP contribution in [0.5, 0.6) is 0 Å². The molecule has 0 aliphatic carbocycles. The third kappa shape index (κ3) is 4.68. The molecule has 0 aromatic heterocycles. The minimum atomic E-state index is -0.723. The lowest BCUT2D eigenvalue weighted by Crippen LogP contribution is -2.29. The Kier molecular flexibility index (Phi) is 5.48. The molecule has 0 radical (unpaired) electrons. The predicted molar refractivity (Wildman–Crippen MR) is 96.0 cm³/mol. The number of hydrogen-bond acceptors (Lipinski definition) is 3. The van der Waals surface area contributed by atoms with Crippen molar-refractivity contribution < 1.29 is 13.6 Å². The molecule has 4 nitrogen and oxygen atoms in total. The van der Waals surface area contributed by atoms with Crippen LogP contribution in [0.25, 0.3) is 0 Å². The standard InChI is InChI=1S/C19H21F2N3O/c20-14-4-9-18(17(21)12-14)22-13-19(25)23-15-5-7-16(8-6-15)24-10-2-1-3-11-24/h4-9,12,22H,1-3,10-11,13H2,(H,23,25). The Balaban J connectivity index is 1.52. The van der Waals surface area contributed by atoms with Gasteiger partial charge in [0.05, 0.1) is 12.2 Å². The van der Waals surface area contributed by atoms with Crippen LogP contribution in [0.4, 0.5) is 25.8 Å². The largest absolute Gasteiger partial charge is 0.374 e. The highest BCUT2D eigenvalue weighted by Gasteiger charge is 2.11. The predicted octanol–water partition coefficient (Wildman–Crippen LogP) is 4.01. The zero-order valence-corrected chi connectivity index (χ0v) is 13.9. The van der Waals surface area contributed by atoms with Gasteiger partial charge < -0.3 is 15.5 Å². The summed E-state index contributed by atoms with van der Waals surface area (Å²) in [5.74, 6) is -1.67. The number of piperidine rings is 1. The molecule has 0 saturated carbocycles. The van der Waals surface area contributed by atoms with Crippen LogP contribution in [0.1, 0.15) is 19.3 Å². The van der Waals surface area contributed by atoms with Gasteiger partial charge in [0.2, 0.25) is 5.91 Å². The van der Waals surface area contributed by atoms with E-state index < -0.39 is 11.6 Å². The lowest BCUT2D eigenvalue weighted by Gasteiger charge is -2.28. The molecule has 1 saturated heterocycles. The molecule has 3 rings (SSSR count). The molecule has 1 heterocycles. The maximum atomic E-state index is 13.5. The maximum absolute atomic E-state index is 13.5. The van der Waals surface area contributed by atoms with Gasteiger partial charge in [0, 0.05) is 30.5 Å². The van der Waals surface area contributed by atoms with Gasteiger partial charge >= 0.3 is 0 Å². The van der Waals surface area contributed by atoms with Crippen LogP contribution in [0, 0.1) is 11.6 Å². The molecule has 6 heteroatoms. The van der Waals surface area contributed by atoms with E-state index in [4.69, 9.17) is 0 Å². The molecule has 1 amide bonds. The molecular weight excluding hydrogens is 324 g/mol. The third-order valence-corrected chi connectivity index (χ3v) is 4.24. The van der Waals surface area contributed by atoms with Gasteiger partial charge in [0.15, 0.2) is 0 Å². The van der Waals surface area contributed by atoms with E-state index in [1.807, 2.05) is 24.3 Å². The van der Waals surface area contributed by atoms with Crippen LogP contribution in [0.2, 0.25) is 0 Å². The number of anilines is 3. The van der Waals surface area contributed by atoms with Crippen molar-refractivity contribution in [1.29, 1.82) is 0 Å². The van der Waals surface area contributed by atoms with Crippen molar-refractivity contribution in [1.82, 2.24) is 0 Å². The van der Waals surface area contributed by atoms with E-state index in [1.54, 1.807) is 0 Å². The van der Waals surface area contributed by atoms with Gasteiger partial charge in [-0.05, 0) is 55.7 Å². The number of carbonyl (C=O) groups excluding carboxylic acids is 1. The second-order valence-corrected chi connectivity index (χ2v) is 6.12. The van der Waals surface area contributed by atoms with Crippen molar-refractivity contribution in [2.75, 3.05) is 35.2 Å². The molecule has 1 fully saturated rings. The molecule has 0 spiro atoms. The van der Waals surface area contributed by atoms with E-state index in [9.17, 15) is 13.6 Å². The normalized spacial score (nSPS) is 14.2. The second kappa shape index (κ2) is 7.96. The number of halogens is 2. The zero-order valence-electron chi connectivity index (χ0n) is 13.9. The topological polar surface area (TPSA) is 44.4 Å². The second-order valence-electron chi connectivity index (χ2n) is 6.12. The Bertz CT molecular complexity index is 728. The average Bonchev–Trinajstić information content (AvgIpc) is 2.62. The number of amides is 1. The number of rotatable bonds is 5. The Morgan fingerprint density at radius 1 is 1.00 bits per heavy atom. The van der Waals surface area contributed by atoms with E-state index in [2.05, 4.69) is 15.5 Å². The smallest absolute Gasteiger partial charge is 0.243 e. The van der Waals surface area contributed by atoms with Crippen molar-refractivity contribution in [3.8, 4) is 0 Å². The summed E-state index contributed by atoms with van der Waals surface area (Å²) in [5, 5.41) is 5.42. The number of nitrogens with one attached hydrogen (secondary N) is 2. The minimum absolute atomic E-state index is 0.0944. The molecule has 2 aromatic rings. The van der Waals surface area contributed by atoms with Crippen LogP contribution in [-0.2, 0) is 4.79 Å². The van der Waals surface area contributed by atoms with E-state index in [1.165, 1.54) is 25.3 Å². The molecule has 0 unspecified atom stereocenters. The summed E-state index contributed by atoms with van der Waals surface area (Å²) in [6.45, 7) is 2.04. The van der Waals surface area contributed by atoms with E-state index >= 15 is 0 Å². The third-order valence-electron chi connectivity index (χ3n) is 4.24. The van der Waals surface area contributed by atoms with Crippen molar-refractivity contribution in [2.45, 2.75) is 19.3 Å². The number of nitrogens with zero attached hydrogens (tertiary/aromatic N) is 1. The lowest BCUT2D eigenvalue weighted by atomic mass is 10.1. The molecule has 2 N–H and O–H groups in total. The fourth-order valence-corrected chi connectivity index (χ4v) is 2.92. The Morgan fingerprint density at radius 2 is 1.72 bits per heavy atom. The number of benzene rings is 2. The van der Waals surface area contributed by atoms with Crippen LogP contribution in [0.3, 0.4) is 0 Å². The van der Waals surface area contributed by atoms with Gasteiger partial charge in [-0.25, -0.2) is 8.78 Å². The lowest BCUT2D eigenvalue weighted by molar-refractivity contribution is -0.114. The summed E-state index contributed by atoms with van der Waals surface area (Å²) in [4.78, 5) is 14.3. The minimum Gasteiger partial charge on any atom is -0.374 e. The van der Waals surface area contributed by atoms with Crippen molar-refractivity contribution in [3.63, 3.8) is 0 Å². The molecule has 1 aliphatic rings. The van der Waals surface area contributed by atoms with Gasteiger partial charge in [-0.15, -0.1) is 0 Å². The molecule has 0 atom stereocenters. The first-order chi connectivity index (χ1) is 12.1. The van der Waals surface area contributed by atoms with Crippen LogP contribution < -0.4 is 15.5 Å². The molecule has 0 bridgehead atoms. The summed E-state index contributed by atoms with van der Waals surface area (Å²) in [6, 6.07) is 10.9. The Hall–Kier alpha value is -2.63. The highest BCUT2D eigenvalue weighted by atomic mass is 19.1. The zero-order chi connectivity index (χ0) is 17.6. The first kappa shape index (κ1) is 17.2. The Labute approximate surface area is 145 Å². The molecule has 132 valence electrons. The number of carbonyl (C=O) groups is 1. The summed E-state index contributed by atoms with van der Waals surface area (Å²) in [6.07, 6.45) is 3.71. The molecular formula is C19H21F2N3O. The van der Waals surface area contributed by atoms with Crippen LogP contribution >= 0.6 is 0 Å². The van der Waals surface area contributed by atoms with Crippen molar-refractivity contribution in [2.24, 2.45) is 0 Å². The monoisotopic (exact) mass is 345 g/mol. The quantitative estimate of drug-likeness (QED) is 0.861. The van der Waals surface area contributed by atoms with Gasteiger partial charge in [-0.3, -0.25) is 4.79 Å². The van der Waals surface area contributed by atoms with Gasteiger partial charge in [0.25, 0.3) is 0 Å².